The van der Waals surface area contributed by atoms with Gasteiger partial charge in [-0.2, -0.15) is 0 Å². The number of carbonyl (C=O) groups is 3. The van der Waals surface area contributed by atoms with Crippen LogP contribution in [0.3, 0.4) is 0 Å². The lowest BCUT2D eigenvalue weighted by Crippen LogP contribution is -2.46. The summed E-state index contributed by atoms with van der Waals surface area (Å²) in [5, 5.41) is 7.32. The number of benzene rings is 2. The Morgan fingerprint density at radius 2 is 1.65 bits per heavy atom. The molecule has 3 rings (SSSR count). The van der Waals surface area contributed by atoms with Gasteiger partial charge in [-0.3, -0.25) is 9.59 Å². The topological polar surface area (TPSA) is 93.7 Å². The molecular weight excluding hydrogens is 452 g/mol. The van der Waals surface area contributed by atoms with Gasteiger partial charge in [0, 0.05) is 5.56 Å². The van der Waals surface area contributed by atoms with Crippen LogP contribution in [0, 0.1) is 5.92 Å². The Morgan fingerprint density at radius 3 is 2.29 bits per heavy atom. The van der Waals surface area contributed by atoms with E-state index in [1.807, 2.05) is 13.0 Å². The molecule has 0 aliphatic rings. The van der Waals surface area contributed by atoms with Gasteiger partial charge >= 0.3 is 5.97 Å². The largest absolute Gasteiger partial charge is 0.492 e. The number of carbonyl (C=O) groups excluding carboxylic acids is 3. The van der Waals surface area contributed by atoms with Crippen LogP contribution in [0.5, 0.6) is 5.75 Å². The Hall–Kier alpha value is -3.65. The summed E-state index contributed by atoms with van der Waals surface area (Å²) in [6, 6.07) is 18.3. The third-order valence-corrected chi connectivity index (χ3v) is 5.84. The van der Waals surface area contributed by atoms with E-state index in [2.05, 4.69) is 10.6 Å². The van der Waals surface area contributed by atoms with Gasteiger partial charge in [0.05, 0.1) is 17.2 Å². The number of hydrogen-bond donors (Lipinski definition) is 2. The van der Waals surface area contributed by atoms with E-state index in [0.717, 1.165) is 0 Å². The van der Waals surface area contributed by atoms with Gasteiger partial charge in [-0.25, -0.2) is 4.79 Å². The standard InChI is InChI=1S/C26H28N2O5S/c1-4-32-20-14-9-8-13-19(20)27-25(30)23(18-11-6-5-7-12-18)33-26(31)22(17(2)3)28-24(29)21-15-10-16-34-21/h5-17,22-23H,4H2,1-3H3,(H,27,30)(H,28,29). The van der Waals surface area contributed by atoms with E-state index in [1.165, 1.54) is 11.3 Å². The molecule has 2 amide bonds. The Morgan fingerprint density at radius 1 is 0.941 bits per heavy atom. The molecule has 178 valence electrons. The van der Waals surface area contributed by atoms with Crippen molar-refractivity contribution in [3.05, 3.63) is 82.6 Å². The van der Waals surface area contributed by atoms with E-state index in [9.17, 15) is 14.4 Å². The molecule has 0 aliphatic carbocycles. The van der Waals surface area contributed by atoms with E-state index in [1.54, 1.807) is 79.9 Å². The zero-order chi connectivity index (χ0) is 24.5. The molecule has 2 aromatic carbocycles. The normalized spacial score (nSPS) is 12.5. The molecule has 7 nitrogen and oxygen atoms in total. The molecule has 8 heteroatoms. The fourth-order valence-electron chi connectivity index (χ4n) is 3.26. The number of rotatable bonds is 10. The summed E-state index contributed by atoms with van der Waals surface area (Å²) >= 11 is 1.28. The number of para-hydroxylation sites is 2. The van der Waals surface area contributed by atoms with Crippen LogP contribution in [0.2, 0.25) is 0 Å². The van der Waals surface area contributed by atoms with Crippen LogP contribution in [0.4, 0.5) is 5.69 Å². The van der Waals surface area contributed by atoms with Gasteiger partial charge in [-0.1, -0.05) is 62.4 Å². The molecular formula is C26H28N2O5S. The van der Waals surface area contributed by atoms with E-state index >= 15 is 0 Å². The maximum Gasteiger partial charge on any atom is 0.330 e. The minimum absolute atomic E-state index is 0.255. The van der Waals surface area contributed by atoms with Crippen molar-refractivity contribution >= 4 is 34.8 Å². The van der Waals surface area contributed by atoms with Crippen molar-refractivity contribution in [3.63, 3.8) is 0 Å². The fourth-order valence-corrected chi connectivity index (χ4v) is 3.88. The highest BCUT2D eigenvalue weighted by Crippen LogP contribution is 2.27. The Bertz CT molecular complexity index is 1100. The van der Waals surface area contributed by atoms with Crippen LogP contribution in [-0.2, 0) is 14.3 Å². The molecule has 34 heavy (non-hydrogen) atoms. The molecule has 0 bridgehead atoms. The summed E-state index contributed by atoms with van der Waals surface area (Å²) in [7, 11) is 0. The van der Waals surface area contributed by atoms with Crippen molar-refractivity contribution in [2.24, 2.45) is 5.92 Å². The fraction of sp³-hybridized carbons (Fsp3) is 0.269. The molecule has 2 atom stereocenters. The zero-order valence-electron chi connectivity index (χ0n) is 19.3. The van der Waals surface area contributed by atoms with Crippen molar-refractivity contribution in [1.82, 2.24) is 5.32 Å². The van der Waals surface area contributed by atoms with E-state index < -0.39 is 24.0 Å². The third kappa shape index (κ3) is 6.45. The maximum absolute atomic E-state index is 13.3. The lowest BCUT2D eigenvalue weighted by molar-refractivity contribution is -0.157. The number of hydrogen-bond acceptors (Lipinski definition) is 6. The lowest BCUT2D eigenvalue weighted by Gasteiger charge is -2.24. The molecule has 0 spiro atoms. The number of esters is 1. The average molecular weight is 481 g/mol. The molecule has 2 unspecified atom stereocenters. The molecule has 0 aliphatic heterocycles. The van der Waals surface area contributed by atoms with Crippen LogP contribution in [-0.4, -0.2) is 30.4 Å². The number of amides is 2. The van der Waals surface area contributed by atoms with Crippen LogP contribution in [0.25, 0.3) is 0 Å². The molecule has 2 N–H and O–H groups in total. The lowest BCUT2D eigenvalue weighted by atomic mass is 10.0. The summed E-state index contributed by atoms with van der Waals surface area (Å²) in [6.45, 7) is 5.89. The molecule has 0 radical (unpaired) electrons. The molecule has 0 fully saturated rings. The van der Waals surface area contributed by atoms with E-state index in [-0.39, 0.29) is 11.8 Å². The monoisotopic (exact) mass is 480 g/mol. The Labute approximate surface area is 203 Å². The smallest absolute Gasteiger partial charge is 0.330 e. The van der Waals surface area contributed by atoms with Gasteiger partial charge in [0.25, 0.3) is 11.8 Å². The highest BCUT2D eigenvalue weighted by Gasteiger charge is 2.32. The molecule has 3 aromatic rings. The van der Waals surface area contributed by atoms with Gasteiger partial charge in [-0.05, 0) is 36.4 Å². The molecule has 1 heterocycles. The van der Waals surface area contributed by atoms with Gasteiger partial charge in [0.1, 0.15) is 11.8 Å². The second kappa shape index (κ2) is 12.0. The average Bonchev–Trinajstić information content (AvgIpc) is 3.37. The van der Waals surface area contributed by atoms with Gasteiger partial charge < -0.3 is 20.1 Å². The van der Waals surface area contributed by atoms with E-state index in [4.69, 9.17) is 9.47 Å². The SMILES string of the molecule is CCOc1ccccc1NC(=O)C(OC(=O)C(NC(=O)c1cccs1)C(C)C)c1ccccc1. The first-order valence-electron chi connectivity index (χ1n) is 11.0. The third-order valence-electron chi connectivity index (χ3n) is 4.97. The zero-order valence-corrected chi connectivity index (χ0v) is 20.1. The van der Waals surface area contributed by atoms with Gasteiger partial charge in [0.2, 0.25) is 6.10 Å². The highest BCUT2D eigenvalue weighted by atomic mass is 32.1. The number of ether oxygens (including phenoxy) is 2. The van der Waals surface area contributed by atoms with Crippen LogP contribution in [0.15, 0.2) is 72.1 Å². The quantitative estimate of drug-likeness (QED) is 0.406. The number of nitrogens with one attached hydrogen (secondary N) is 2. The minimum Gasteiger partial charge on any atom is -0.492 e. The molecule has 1 aromatic heterocycles. The van der Waals surface area contributed by atoms with Gasteiger partial charge in [0.15, 0.2) is 0 Å². The van der Waals surface area contributed by atoms with Gasteiger partial charge in [-0.15, -0.1) is 11.3 Å². The second-order valence-corrected chi connectivity index (χ2v) is 8.77. The Kier molecular flexibility index (Phi) is 8.81. The summed E-state index contributed by atoms with van der Waals surface area (Å²) in [5.74, 6) is -1.33. The van der Waals surface area contributed by atoms with E-state index in [0.29, 0.717) is 28.5 Å². The van der Waals surface area contributed by atoms with Crippen molar-refractivity contribution in [2.75, 3.05) is 11.9 Å². The summed E-state index contributed by atoms with van der Waals surface area (Å²) < 4.78 is 11.3. The first-order chi connectivity index (χ1) is 16.4. The summed E-state index contributed by atoms with van der Waals surface area (Å²) in [6.07, 6.45) is -1.22. The summed E-state index contributed by atoms with van der Waals surface area (Å²) in [4.78, 5) is 39.5. The Balaban J connectivity index is 1.82. The van der Waals surface area contributed by atoms with Crippen molar-refractivity contribution in [1.29, 1.82) is 0 Å². The minimum atomic E-state index is -1.22. The second-order valence-electron chi connectivity index (χ2n) is 7.82. The maximum atomic E-state index is 13.3. The highest BCUT2D eigenvalue weighted by molar-refractivity contribution is 7.12. The predicted molar refractivity (Wildman–Crippen MR) is 132 cm³/mol. The van der Waals surface area contributed by atoms with Crippen molar-refractivity contribution in [2.45, 2.75) is 32.9 Å². The number of anilines is 1. The first-order valence-corrected chi connectivity index (χ1v) is 11.9. The van der Waals surface area contributed by atoms with Crippen molar-refractivity contribution < 1.29 is 23.9 Å². The van der Waals surface area contributed by atoms with Crippen LogP contribution < -0.4 is 15.4 Å². The van der Waals surface area contributed by atoms with Crippen LogP contribution >= 0.6 is 11.3 Å². The molecule has 0 saturated carbocycles. The molecule has 0 saturated heterocycles. The summed E-state index contributed by atoms with van der Waals surface area (Å²) in [5.41, 5.74) is 0.979. The predicted octanol–water partition coefficient (Wildman–Crippen LogP) is 4.82. The number of thiophene rings is 1. The van der Waals surface area contributed by atoms with Crippen LogP contribution in [0.1, 0.15) is 42.1 Å². The van der Waals surface area contributed by atoms with Crippen molar-refractivity contribution in [3.8, 4) is 5.75 Å². The first kappa shape index (κ1) is 25.0.